The minimum atomic E-state index is 0.0800. The molecule has 3 heterocycles. The number of hydrogen-bond donors (Lipinski definition) is 0. The number of aromatic nitrogens is 2. The Balaban J connectivity index is 1.68. The van der Waals surface area contributed by atoms with Crippen molar-refractivity contribution in [3.05, 3.63) is 46.2 Å². The minimum absolute atomic E-state index is 0.0800. The predicted octanol–water partition coefficient (Wildman–Crippen LogP) is 2.60. The van der Waals surface area contributed by atoms with Crippen molar-refractivity contribution in [1.82, 2.24) is 14.9 Å². The van der Waals surface area contributed by atoms with Crippen LogP contribution < -0.4 is 0 Å². The third kappa shape index (κ3) is 4.59. The van der Waals surface area contributed by atoms with Crippen molar-refractivity contribution in [2.24, 2.45) is 0 Å². The molecule has 0 spiro atoms. The van der Waals surface area contributed by atoms with Gasteiger partial charge >= 0.3 is 0 Å². The lowest BCUT2D eigenvalue weighted by atomic mass is 10.2. The highest BCUT2D eigenvalue weighted by atomic mass is 32.1. The van der Waals surface area contributed by atoms with E-state index in [2.05, 4.69) is 9.97 Å². The zero-order valence-electron chi connectivity index (χ0n) is 13.3. The fourth-order valence-corrected chi connectivity index (χ4v) is 3.34. The van der Waals surface area contributed by atoms with Gasteiger partial charge in [-0.1, -0.05) is 6.07 Å². The van der Waals surface area contributed by atoms with Crippen LogP contribution in [0.1, 0.15) is 29.2 Å². The summed E-state index contributed by atoms with van der Waals surface area (Å²) in [5.41, 5.74) is 1.74. The van der Waals surface area contributed by atoms with E-state index in [1.807, 2.05) is 35.4 Å². The Labute approximate surface area is 140 Å². The number of carbonyl (C=O) groups excluding carboxylic acids is 1. The molecule has 2 aromatic heterocycles. The molecule has 6 heteroatoms. The van der Waals surface area contributed by atoms with Crippen molar-refractivity contribution >= 4 is 17.2 Å². The Kier molecular flexibility index (Phi) is 5.35. The van der Waals surface area contributed by atoms with Crippen LogP contribution in [-0.4, -0.2) is 40.0 Å². The van der Waals surface area contributed by atoms with E-state index in [-0.39, 0.29) is 12.0 Å². The standard InChI is InChI=1S/C17H21N3O2S/c1-13-19-15(12-23-13)9-17(21)20(11-16-6-4-8-22-16)10-14-5-2-3-7-18-14/h2-3,5,7,12,16H,4,6,8-11H2,1H3/t16-/m1/s1. The zero-order valence-corrected chi connectivity index (χ0v) is 14.1. The molecule has 0 N–H and O–H groups in total. The Morgan fingerprint density at radius 2 is 2.35 bits per heavy atom. The number of hydrogen-bond acceptors (Lipinski definition) is 5. The second-order valence-corrected chi connectivity index (χ2v) is 6.83. The van der Waals surface area contributed by atoms with Crippen molar-refractivity contribution in [3.63, 3.8) is 0 Å². The van der Waals surface area contributed by atoms with Crippen LogP contribution in [0.5, 0.6) is 0 Å². The number of aryl methyl sites for hydroxylation is 1. The summed E-state index contributed by atoms with van der Waals surface area (Å²) in [6.07, 6.45) is 4.32. The van der Waals surface area contributed by atoms with E-state index in [0.29, 0.717) is 19.5 Å². The highest BCUT2D eigenvalue weighted by Gasteiger charge is 2.23. The number of rotatable bonds is 6. The fourth-order valence-electron chi connectivity index (χ4n) is 2.73. The van der Waals surface area contributed by atoms with Gasteiger partial charge < -0.3 is 9.64 Å². The van der Waals surface area contributed by atoms with Gasteiger partial charge in [0.1, 0.15) is 0 Å². The molecule has 0 aliphatic carbocycles. The lowest BCUT2D eigenvalue weighted by Gasteiger charge is -2.25. The van der Waals surface area contributed by atoms with Crippen LogP contribution in [-0.2, 0) is 22.5 Å². The quantitative estimate of drug-likeness (QED) is 0.816. The summed E-state index contributed by atoms with van der Waals surface area (Å²) in [5.74, 6) is 0.0800. The summed E-state index contributed by atoms with van der Waals surface area (Å²) in [6, 6.07) is 5.78. The van der Waals surface area contributed by atoms with Gasteiger partial charge in [-0.3, -0.25) is 9.78 Å². The Hall–Kier alpha value is -1.79. The van der Waals surface area contributed by atoms with Gasteiger partial charge in [-0.25, -0.2) is 4.98 Å². The molecule has 1 aliphatic rings. The third-order valence-electron chi connectivity index (χ3n) is 3.88. The van der Waals surface area contributed by atoms with Gasteiger partial charge in [0.15, 0.2) is 0 Å². The van der Waals surface area contributed by atoms with Crippen LogP contribution in [0.25, 0.3) is 0 Å². The van der Waals surface area contributed by atoms with Gasteiger partial charge in [-0.05, 0) is 31.9 Å². The van der Waals surface area contributed by atoms with E-state index in [1.54, 1.807) is 17.5 Å². The maximum Gasteiger partial charge on any atom is 0.229 e. The van der Waals surface area contributed by atoms with E-state index in [0.717, 1.165) is 35.8 Å². The first-order valence-corrected chi connectivity index (χ1v) is 8.79. The van der Waals surface area contributed by atoms with Crippen LogP contribution in [0.4, 0.5) is 0 Å². The van der Waals surface area contributed by atoms with Gasteiger partial charge in [0.2, 0.25) is 5.91 Å². The van der Waals surface area contributed by atoms with E-state index in [1.165, 1.54) is 0 Å². The summed E-state index contributed by atoms with van der Waals surface area (Å²) in [4.78, 5) is 23.3. The average molecular weight is 331 g/mol. The number of pyridine rings is 1. The maximum atomic E-state index is 12.7. The summed E-state index contributed by atoms with van der Waals surface area (Å²) < 4.78 is 5.70. The first-order valence-electron chi connectivity index (χ1n) is 7.91. The molecule has 2 aromatic rings. The Morgan fingerprint density at radius 1 is 1.43 bits per heavy atom. The van der Waals surface area contributed by atoms with Crippen molar-refractivity contribution in [2.75, 3.05) is 13.2 Å². The number of ether oxygens (including phenoxy) is 1. The second-order valence-electron chi connectivity index (χ2n) is 5.77. The van der Waals surface area contributed by atoms with Crippen molar-refractivity contribution < 1.29 is 9.53 Å². The summed E-state index contributed by atoms with van der Waals surface area (Å²) in [6.45, 7) is 3.89. The van der Waals surface area contributed by atoms with E-state index >= 15 is 0 Å². The second kappa shape index (κ2) is 7.66. The lowest BCUT2D eigenvalue weighted by molar-refractivity contribution is -0.132. The van der Waals surface area contributed by atoms with E-state index in [4.69, 9.17) is 4.74 Å². The van der Waals surface area contributed by atoms with Gasteiger partial charge in [-0.15, -0.1) is 11.3 Å². The largest absolute Gasteiger partial charge is 0.376 e. The van der Waals surface area contributed by atoms with E-state index < -0.39 is 0 Å². The fraction of sp³-hybridized carbons (Fsp3) is 0.471. The monoisotopic (exact) mass is 331 g/mol. The molecule has 122 valence electrons. The predicted molar refractivity (Wildman–Crippen MR) is 89.2 cm³/mol. The van der Waals surface area contributed by atoms with Crippen LogP contribution >= 0.6 is 11.3 Å². The summed E-state index contributed by atoms with van der Waals surface area (Å²) in [7, 11) is 0. The molecule has 0 bridgehead atoms. The smallest absolute Gasteiger partial charge is 0.229 e. The van der Waals surface area contributed by atoms with Crippen LogP contribution in [0.15, 0.2) is 29.8 Å². The van der Waals surface area contributed by atoms with Crippen LogP contribution in [0.2, 0.25) is 0 Å². The molecule has 1 saturated heterocycles. The van der Waals surface area contributed by atoms with Gasteiger partial charge in [-0.2, -0.15) is 0 Å². The van der Waals surface area contributed by atoms with Crippen molar-refractivity contribution in [2.45, 2.75) is 38.8 Å². The maximum absolute atomic E-state index is 12.7. The van der Waals surface area contributed by atoms with E-state index in [9.17, 15) is 4.79 Å². The highest BCUT2D eigenvalue weighted by Crippen LogP contribution is 2.16. The Morgan fingerprint density at radius 3 is 3.00 bits per heavy atom. The number of amides is 1. The molecular weight excluding hydrogens is 310 g/mol. The van der Waals surface area contributed by atoms with Gasteiger partial charge in [0.05, 0.1) is 35.5 Å². The highest BCUT2D eigenvalue weighted by molar-refractivity contribution is 7.09. The number of nitrogens with zero attached hydrogens (tertiary/aromatic N) is 3. The third-order valence-corrected chi connectivity index (χ3v) is 4.70. The van der Waals surface area contributed by atoms with Crippen LogP contribution in [0, 0.1) is 6.92 Å². The molecule has 1 amide bonds. The molecule has 5 nitrogen and oxygen atoms in total. The molecule has 0 aromatic carbocycles. The first-order chi connectivity index (χ1) is 11.2. The molecule has 0 saturated carbocycles. The summed E-state index contributed by atoms with van der Waals surface area (Å²) in [5, 5.41) is 2.95. The van der Waals surface area contributed by atoms with Crippen molar-refractivity contribution in [1.29, 1.82) is 0 Å². The molecule has 0 radical (unpaired) electrons. The number of thiazole rings is 1. The molecule has 3 rings (SSSR count). The first kappa shape index (κ1) is 16.1. The van der Waals surface area contributed by atoms with Gasteiger partial charge in [0, 0.05) is 24.7 Å². The van der Waals surface area contributed by atoms with Crippen molar-refractivity contribution in [3.8, 4) is 0 Å². The lowest BCUT2D eigenvalue weighted by Crippen LogP contribution is -2.38. The van der Waals surface area contributed by atoms with Crippen LogP contribution in [0.3, 0.4) is 0 Å². The number of carbonyl (C=O) groups is 1. The van der Waals surface area contributed by atoms with Gasteiger partial charge in [0.25, 0.3) is 0 Å². The molecular formula is C17H21N3O2S. The normalized spacial score (nSPS) is 17.3. The summed E-state index contributed by atoms with van der Waals surface area (Å²) >= 11 is 1.58. The minimum Gasteiger partial charge on any atom is -0.376 e. The molecule has 23 heavy (non-hydrogen) atoms. The molecule has 1 fully saturated rings. The average Bonchev–Trinajstić information content (AvgIpc) is 3.19. The Bertz CT molecular complexity index is 638. The topological polar surface area (TPSA) is 55.3 Å². The molecule has 1 atom stereocenters. The molecule has 1 aliphatic heterocycles. The SMILES string of the molecule is Cc1nc(CC(=O)N(Cc2ccccn2)C[C@H]2CCCO2)cs1. The molecule has 0 unspecified atom stereocenters. The zero-order chi connectivity index (χ0) is 16.1.